The minimum Gasteiger partial charge on any atom is -0.368 e. The zero-order chi connectivity index (χ0) is 25.1. The third-order valence-corrected chi connectivity index (χ3v) is 8.46. The van der Waals surface area contributed by atoms with Crippen LogP contribution in [0.4, 0.5) is 5.69 Å². The van der Waals surface area contributed by atoms with Crippen LogP contribution in [0.2, 0.25) is 5.02 Å². The van der Waals surface area contributed by atoms with Crippen LogP contribution in [0, 0.1) is 6.92 Å². The van der Waals surface area contributed by atoms with Crippen molar-refractivity contribution < 1.29 is 9.59 Å². The molecule has 186 valence electrons. The van der Waals surface area contributed by atoms with Crippen LogP contribution < -0.4 is 4.90 Å². The van der Waals surface area contributed by atoms with Crippen molar-refractivity contribution in [3.63, 3.8) is 0 Å². The van der Waals surface area contributed by atoms with Gasteiger partial charge in [0.05, 0.1) is 5.75 Å². The highest BCUT2D eigenvalue weighted by atomic mass is 35.5. The lowest BCUT2D eigenvalue weighted by molar-refractivity contribution is -0.128. The smallest absolute Gasteiger partial charge is 0.253 e. The number of piperazine rings is 1. The van der Waals surface area contributed by atoms with Gasteiger partial charge in [-0.15, -0.1) is 11.8 Å². The Morgan fingerprint density at radius 2 is 1.69 bits per heavy atom. The first kappa shape index (κ1) is 24.7. The Morgan fingerprint density at radius 3 is 2.42 bits per heavy atom. The standard InChI is InChI=1S/C29H30ClN3O2S/c1-21-7-12-25(30)19-26(21)31-15-17-32(18-16-31)28(35)23-8-10-24(11-9-23)29-33(27(34)20-36-29)14-13-22-5-3-2-4-6-22/h2-12,19,29H,13-18,20H2,1H3/t29-/m0/s1. The molecule has 0 radical (unpaired) electrons. The Labute approximate surface area is 222 Å². The van der Waals surface area contributed by atoms with Gasteiger partial charge in [0.15, 0.2) is 0 Å². The molecule has 0 aliphatic carbocycles. The molecule has 36 heavy (non-hydrogen) atoms. The molecule has 2 aliphatic rings. The minimum atomic E-state index is -0.00477. The number of carbonyl (C=O) groups excluding carboxylic acids is 2. The zero-order valence-electron chi connectivity index (χ0n) is 20.4. The molecule has 1 atom stereocenters. The molecule has 2 aliphatic heterocycles. The maximum atomic E-state index is 13.2. The van der Waals surface area contributed by atoms with Crippen LogP contribution >= 0.6 is 23.4 Å². The van der Waals surface area contributed by atoms with Crippen LogP contribution in [0.3, 0.4) is 0 Å². The minimum absolute atomic E-state index is 0.00477. The molecule has 3 aromatic rings. The van der Waals surface area contributed by atoms with E-state index >= 15 is 0 Å². The summed E-state index contributed by atoms with van der Waals surface area (Å²) >= 11 is 7.86. The summed E-state index contributed by atoms with van der Waals surface area (Å²) in [7, 11) is 0. The van der Waals surface area contributed by atoms with Gasteiger partial charge in [0.25, 0.3) is 5.91 Å². The molecule has 0 aromatic heterocycles. The van der Waals surface area contributed by atoms with Crippen molar-refractivity contribution in [3.8, 4) is 0 Å². The van der Waals surface area contributed by atoms with Gasteiger partial charge in [0, 0.05) is 49.0 Å². The van der Waals surface area contributed by atoms with Crippen LogP contribution in [0.1, 0.15) is 32.4 Å². The molecule has 5 nitrogen and oxygen atoms in total. The van der Waals surface area contributed by atoms with Gasteiger partial charge in [-0.1, -0.05) is 60.1 Å². The lowest BCUT2D eigenvalue weighted by Gasteiger charge is -2.37. The topological polar surface area (TPSA) is 43.9 Å². The van der Waals surface area contributed by atoms with Crippen molar-refractivity contribution in [1.29, 1.82) is 0 Å². The summed E-state index contributed by atoms with van der Waals surface area (Å²) in [5, 5.41) is 0.727. The number of hydrogen-bond donors (Lipinski definition) is 0. The van der Waals surface area contributed by atoms with E-state index in [1.165, 1.54) is 11.1 Å². The number of halogens is 1. The first-order valence-corrected chi connectivity index (χ1v) is 13.8. The van der Waals surface area contributed by atoms with Gasteiger partial charge in [0.1, 0.15) is 5.37 Å². The highest BCUT2D eigenvalue weighted by molar-refractivity contribution is 8.00. The molecular weight excluding hydrogens is 490 g/mol. The van der Waals surface area contributed by atoms with E-state index < -0.39 is 0 Å². The van der Waals surface area contributed by atoms with E-state index in [0.717, 1.165) is 35.8 Å². The summed E-state index contributed by atoms with van der Waals surface area (Å²) in [6.07, 6.45) is 0.834. The van der Waals surface area contributed by atoms with E-state index in [-0.39, 0.29) is 17.2 Å². The van der Waals surface area contributed by atoms with Crippen LogP contribution in [-0.4, -0.2) is 60.1 Å². The van der Waals surface area contributed by atoms with Crippen molar-refractivity contribution in [2.75, 3.05) is 43.4 Å². The van der Waals surface area contributed by atoms with E-state index in [9.17, 15) is 9.59 Å². The summed E-state index contributed by atoms with van der Waals surface area (Å²) in [5.41, 5.74) is 5.32. The van der Waals surface area contributed by atoms with E-state index in [0.29, 0.717) is 31.0 Å². The number of hydrogen-bond acceptors (Lipinski definition) is 4. The molecule has 0 bridgehead atoms. The fraction of sp³-hybridized carbons (Fsp3) is 0.310. The molecule has 0 saturated carbocycles. The average molecular weight is 520 g/mol. The van der Waals surface area contributed by atoms with Gasteiger partial charge in [-0.05, 0) is 54.3 Å². The van der Waals surface area contributed by atoms with E-state index in [2.05, 4.69) is 24.0 Å². The fourth-order valence-corrected chi connectivity index (χ4v) is 6.30. The maximum absolute atomic E-state index is 13.2. The molecular formula is C29H30ClN3O2S. The van der Waals surface area contributed by atoms with Crippen molar-refractivity contribution in [2.24, 2.45) is 0 Å². The van der Waals surface area contributed by atoms with Gasteiger partial charge in [0.2, 0.25) is 5.91 Å². The summed E-state index contributed by atoms with van der Waals surface area (Å²) in [6, 6.07) is 24.0. The first-order chi connectivity index (χ1) is 17.5. The van der Waals surface area contributed by atoms with Crippen LogP contribution in [0.25, 0.3) is 0 Å². The molecule has 5 rings (SSSR count). The monoisotopic (exact) mass is 519 g/mol. The third kappa shape index (κ3) is 5.40. The molecule has 7 heteroatoms. The third-order valence-electron chi connectivity index (χ3n) is 6.97. The number of amides is 2. The second-order valence-corrected chi connectivity index (χ2v) is 10.8. The quantitative estimate of drug-likeness (QED) is 0.436. The van der Waals surface area contributed by atoms with Gasteiger partial charge in [-0.3, -0.25) is 9.59 Å². The average Bonchev–Trinajstić information content (AvgIpc) is 3.29. The van der Waals surface area contributed by atoms with Gasteiger partial charge in [-0.25, -0.2) is 0 Å². The predicted molar refractivity (Wildman–Crippen MR) is 148 cm³/mol. The summed E-state index contributed by atoms with van der Waals surface area (Å²) in [5.74, 6) is 0.727. The Bertz CT molecular complexity index is 1230. The Kier molecular flexibility index (Phi) is 7.54. The summed E-state index contributed by atoms with van der Waals surface area (Å²) in [4.78, 5) is 31.9. The Hall–Kier alpha value is -2.96. The van der Waals surface area contributed by atoms with Crippen LogP contribution in [-0.2, 0) is 11.2 Å². The molecule has 2 heterocycles. The largest absolute Gasteiger partial charge is 0.368 e. The van der Waals surface area contributed by atoms with E-state index in [1.807, 2.05) is 70.5 Å². The normalized spacial score (nSPS) is 18.1. The van der Waals surface area contributed by atoms with Crippen molar-refractivity contribution in [1.82, 2.24) is 9.80 Å². The number of thioether (sulfide) groups is 1. The zero-order valence-corrected chi connectivity index (χ0v) is 22.0. The number of benzene rings is 3. The van der Waals surface area contributed by atoms with E-state index in [4.69, 9.17) is 11.6 Å². The maximum Gasteiger partial charge on any atom is 0.253 e. The predicted octanol–water partition coefficient (Wildman–Crippen LogP) is 5.43. The van der Waals surface area contributed by atoms with Crippen LogP contribution in [0.5, 0.6) is 0 Å². The molecule has 2 amide bonds. The van der Waals surface area contributed by atoms with Gasteiger partial charge >= 0.3 is 0 Å². The number of anilines is 1. The lowest BCUT2D eigenvalue weighted by atomic mass is 10.1. The highest BCUT2D eigenvalue weighted by Gasteiger charge is 2.32. The summed E-state index contributed by atoms with van der Waals surface area (Å²) in [6.45, 7) is 5.69. The summed E-state index contributed by atoms with van der Waals surface area (Å²) < 4.78 is 0. The first-order valence-electron chi connectivity index (χ1n) is 12.3. The van der Waals surface area contributed by atoms with Crippen molar-refractivity contribution in [2.45, 2.75) is 18.7 Å². The second-order valence-electron chi connectivity index (χ2n) is 9.32. The van der Waals surface area contributed by atoms with Crippen LogP contribution in [0.15, 0.2) is 72.8 Å². The molecule has 3 aromatic carbocycles. The Balaban J connectivity index is 1.20. The number of nitrogens with zero attached hydrogens (tertiary/aromatic N) is 3. The second kappa shape index (κ2) is 11.0. The SMILES string of the molecule is Cc1ccc(Cl)cc1N1CCN(C(=O)c2ccc([C@@H]3SCC(=O)N3CCc3ccccc3)cc2)CC1. The molecule has 0 spiro atoms. The number of rotatable bonds is 6. The van der Waals surface area contributed by atoms with E-state index in [1.54, 1.807) is 11.8 Å². The van der Waals surface area contributed by atoms with Crippen molar-refractivity contribution >= 4 is 40.9 Å². The molecule has 0 unspecified atom stereocenters. The number of carbonyl (C=O) groups is 2. The highest BCUT2D eigenvalue weighted by Crippen LogP contribution is 2.38. The Morgan fingerprint density at radius 1 is 0.972 bits per heavy atom. The lowest BCUT2D eigenvalue weighted by Crippen LogP contribution is -2.49. The van der Waals surface area contributed by atoms with Gasteiger partial charge in [-0.2, -0.15) is 0 Å². The van der Waals surface area contributed by atoms with Gasteiger partial charge < -0.3 is 14.7 Å². The number of aryl methyl sites for hydroxylation is 1. The molecule has 2 fully saturated rings. The van der Waals surface area contributed by atoms with Crippen molar-refractivity contribution in [3.05, 3.63) is 100 Å². The molecule has 2 saturated heterocycles. The fourth-order valence-electron chi connectivity index (χ4n) is 4.91. The molecule has 0 N–H and O–H groups in total.